The van der Waals surface area contributed by atoms with Gasteiger partial charge in [0.15, 0.2) is 0 Å². The number of allylic oxidation sites excluding steroid dienone is 2. The van der Waals surface area contributed by atoms with Gasteiger partial charge in [-0.2, -0.15) is 0 Å². The van der Waals surface area contributed by atoms with Crippen molar-refractivity contribution in [2.45, 2.75) is 119 Å². The fourth-order valence-electron chi connectivity index (χ4n) is 11.0. The van der Waals surface area contributed by atoms with Gasteiger partial charge in [0.25, 0.3) is 0 Å². The third-order valence-electron chi connectivity index (χ3n) is 13.1. The summed E-state index contributed by atoms with van der Waals surface area (Å²) in [4.78, 5) is 0. The molecule has 1 heteroatoms. The van der Waals surface area contributed by atoms with Crippen molar-refractivity contribution >= 4 is 0 Å². The highest BCUT2D eigenvalue weighted by Gasteiger charge is 2.68. The van der Waals surface area contributed by atoms with Crippen LogP contribution in [-0.2, 0) is 0 Å². The van der Waals surface area contributed by atoms with Crippen molar-refractivity contribution in [2.24, 2.45) is 56.7 Å². The molecule has 5 rings (SSSR count). The van der Waals surface area contributed by atoms with Gasteiger partial charge in [-0.1, -0.05) is 67.0 Å². The molecule has 0 aromatic rings. The Morgan fingerprint density at radius 2 is 1.58 bits per heavy atom. The van der Waals surface area contributed by atoms with E-state index in [2.05, 4.69) is 61.5 Å². The highest BCUT2D eigenvalue weighted by Crippen LogP contribution is 2.76. The van der Waals surface area contributed by atoms with Gasteiger partial charge in [0, 0.05) is 0 Å². The van der Waals surface area contributed by atoms with Gasteiger partial charge in [-0.25, -0.2) is 0 Å². The van der Waals surface area contributed by atoms with Gasteiger partial charge in [-0.15, -0.1) is 0 Å². The zero-order valence-electron chi connectivity index (χ0n) is 21.9. The maximum atomic E-state index is 10.9. The van der Waals surface area contributed by atoms with Crippen LogP contribution in [0.3, 0.4) is 0 Å². The van der Waals surface area contributed by atoms with Crippen LogP contribution in [0.5, 0.6) is 0 Å². The van der Waals surface area contributed by atoms with E-state index < -0.39 is 0 Å². The Bertz CT molecular complexity index is 777. The lowest BCUT2D eigenvalue weighted by atomic mass is 9.35. The second-order valence-electron chi connectivity index (χ2n) is 14.7. The van der Waals surface area contributed by atoms with Crippen molar-refractivity contribution in [2.75, 3.05) is 0 Å². The molecular formula is C30H50O. The van der Waals surface area contributed by atoms with E-state index in [1.165, 1.54) is 51.4 Å². The number of aliphatic hydroxyl groups is 1. The second kappa shape index (κ2) is 6.64. The van der Waals surface area contributed by atoms with E-state index in [9.17, 15) is 5.11 Å². The highest BCUT2D eigenvalue weighted by atomic mass is 16.3. The molecule has 9 unspecified atom stereocenters. The van der Waals surface area contributed by atoms with Gasteiger partial charge in [0.1, 0.15) is 0 Å². The summed E-state index contributed by atoms with van der Waals surface area (Å²) >= 11 is 0. The first-order valence-corrected chi connectivity index (χ1v) is 13.7. The van der Waals surface area contributed by atoms with Gasteiger partial charge >= 0.3 is 0 Å². The monoisotopic (exact) mass is 426 g/mol. The molecule has 5 aliphatic carbocycles. The van der Waals surface area contributed by atoms with Crippen molar-refractivity contribution in [3.05, 3.63) is 11.6 Å². The first-order valence-electron chi connectivity index (χ1n) is 13.7. The van der Waals surface area contributed by atoms with E-state index >= 15 is 0 Å². The Hall–Kier alpha value is -0.300. The second-order valence-corrected chi connectivity index (χ2v) is 14.7. The van der Waals surface area contributed by atoms with Crippen LogP contribution in [0.25, 0.3) is 0 Å². The zero-order chi connectivity index (χ0) is 22.6. The predicted octanol–water partition coefficient (Wildman–Crippen LogP) is 8.02. The molecule has 31 heavy (non-hydrogen) atoms. The minimum Gasteiger partial charge on any atom is -0.393 e. The molecular weight excluding hydrogens is 376 g/mol. The number of aliphatic hydroxyl groups excluding tert-OH is 1. The lowest BCUT2D eigenvalue weighted by Crippen LogP contribution is -2.62. The SMILES string of the molecule is CC(C)C1CCC2(C)CCC3(C)C4=CCC5C(C)(C)C(O)CCC5(C)C4CCC3(C)C12. The Kier molecular flexibility index (Phi) is 4.82. The molecule has 0 radical (unpaired) electrons. The summed E-state index contributed by atoms with van der Waals surface area (Å²) in [6.07, 6.45) is 14.5. The molecule has 0 aromatic carbocycles. The summed E-state index contributed by atoms with van der Waals surface area (Å²) in [5.41, 5.74) is 3.64. The zero-order valence-corrected chi connectivity index (χ0v) is 21.9. The van der Waals surface area contributed by atoms with Crippen molar-refractivity contribution < 1.29 is 5.11 Å². The molecule has 0 amide bonds. The van der Waals surface area contributed by atoms with E-state index in [1.807, 2.05) is 5.57 Å². The standard InChI is InChI=1S/C30H50O/c1-19(2)20-11-14-27(5)17-18-29(7)22-9-10-23-26(3,4)24(31)13-15-28(23,6)21(22)12-16-30(29,8)25(20)27/h9,19-21,23-25,31H,10-18H2,1-8H3. The topological polar surface area (TPSA) is 20.2 Å². The van der Waals surface area contributed by atoms with Gasteiger partial charge in [0.05, 0.1) is 6.10 Å². The molecule has 0 bridgehead atoms. The summed E-state index contributed by atoms with van der Waals surface area (Å²) in [5.74, 6) is 3.96. The van der Waals surface area contributed by atoms with E-state index in [-0.39, 0.29) is 11.5 Å². The fourth-order valence-corrected chi connectivity index (χ4v) is 11.0. The Morgan fingerprint density at radius 1 is 0.871 bits per heavy atom. The number of hydrogen-bond acceptors (Lipinski definition) is 1. The minimum atomic E-state index is -0.134. The first-order chi connectivity index (χ1) is 14.3. The molecule has 0 heterocycles. The smallest absolute Gasteiger partial charge is 0.0594 e. The molecule has 1 nitrogen and oxygen atoms in total. The van der Waals surface area contributed by atoms with Crippen LogP contribution in [0.1, 0.15) is 113 Å². The van der Waals surface area contributed by atoms with Crippen LogP contribution >= 0.6 is 0 Å². The van der Waals surface area contributed by atoms with E-state index in [1.54, 1.807) is 0 Å². The molecule has 0 aromatic heterocycles. The van der Waals surface area contributed by atoms with Crippen LogP contribution in [0.15, 0.2) is 11.6 Å². The molecule has 1 N–H and O–H groups in total. The Balaban J connectivity index is 1.58. The van der Waals surface area contributed by atoms with Crippen molar-refractivity contribution in [1.29, 1.82) is 0 Å². The molecule has 176 valence electrons. The van der Waals surface area contributed by atoms with Crippen LogP contribution in [0.4, 0.5) is 0 Å². The lowest BCUT2D eigenvalue weighted by Gasteiger charge is -2.69. The first kappa shape index (κ1) is 22.5. The minimum absolute atomic E-state index is 0.0377. The number of rotatable bonds is 1. The van der Waals surface area contributed by atoms with Gasteiger partial charge in [0.2, 0.25) is 0 Å². The van der Waals surface area contributed by atoms with Gasteiger partial charge < -0.3 is 5.11 Å². The van der Waals surface area contributed by atoms with E-state index in [4.69, 9.17) is 0 Å². The van der Waals surface area contributed by atoms with Crippen LogP contribution in [0, 0.1) is 56.7 Å². The maximum Gasteiger partial charge on any atom is 0.0594 e. The molecule has 4 saturated carbocycles. The molecule has 0 spiro atoms. The molecule has 4 fully saturated rings. The summed E-state index contributed by atoms with van der Waals surface area (Å²) < 4.78 is 0. The Labute approximate surface area is 192 Å². The quantitative estimate of drug-likeness (QED) is 0.421. The van der Waals surface area contributed by atoms with Crippen LogP contribution in [-0.4, -0.2) is 11.2 Å². The highest BCUT2D eigenvalue weighted by molar-refractivity contribution is 5.33. The van der Waals surface area contributed by atoms with Crippen molar-refractivity contribution in [3.8, 4) is 0 Å². The van der Waals surface area contributed by atoms with Crippen LogP contribution < -0.4 is 0 Å². The van der Waals surface area contributed by atoms with Crippen LogP contribution in [0.2, 0.25) is 0 Å². The lowest BCUT2D eigenvalue weighted by molar-refractivity contribution is -0.162. The molecule has 0 aliphatic heterocycles. The van der Waals surface area contributed by atoms with Gasteiger partial charge in [-0.3, -0.25) is 0 Å². The normalized spacial score (nSPS) is 55.7. The molecule has 5 aliphatic rings. The summed E-state index contributed by atoms with van der Waals surface area (Å²) in [6.45, 7) is 20.4. The third-order valence-corrected chi connectivity index (χ3v) is 13.1. The maximum absolute atomic E-state index is 10.9. The van der Waals surface area contributed by atoms with Crippen molar-refractivity contribution in [3.63, 3.8) is 0 Å². The molecule has 0 saturated heterocycles. The van der Waals surface area contributed by atoms with E-state index in [0.29, 0.717) is 27.6 Å². The number of hydrogen-bond donors (Lipinski definition) is 1. The third kappa shape index (κ3) is 2.65. The Morgan fingerprint density at radius 3 is 2.26 bits per heavy atom. The summed E-state index contributed by atoms with van der Waals surface area (Å²) in [7, 11) is 0. The van der Waals surface area contributed by atoms with Crippen molar-refractivity contribution in [1.82, 2.24) is 0 Å². The summed E-state index contributed by atoms with van der Waals surface area (Å²) in [6, 6.07) is 0. The predicted molar refractivity (Wildman–Crippen MR) is 131 cm³/mol. The largest absolute Gasteiger partial charge is 0.393 e. The summed E-state index contributed by atoms with van der Waals surface area (Å²) in [5, 5.41) is 10.9. The fraction of sp³-hybridized carbons (Fsp3) is 0.933. The average Bonchev–Trinajstić information content (AvgIpc) is 3.06. The average molecular weight is 427 g/mol. The number of fused-ring (bicyclic) bond motifs is 7. The van der Waals surface area contributed by atoms with E-state index in [0.717, 1.165) is 30.1 Å². The molecule has 9 atom stereocenters. The van der Waals surface area contributed by atoms with Gasteiger partial charge in [-0.05, 0) is 114 Å².